The van der Waals surface area contributed by atoms with Gasteiger partial charge in [0.05, 0.1) is 62.1 Å². The molecule has 0 saturated carbocycles. The molecule has 0 atom stereocenters. The van der Waals surface area contributed by atoms with Gasteiger partial charge in [-0.05, 0) is 36.4 Å². The second-order valence-electron chi connectivity index (χ2n) is 7.08. The lowest BCUT2D eigenvalue weighted by Crippen LogP contribution is -2.20. The number of carbonyl (C=O) groups excluding carboxylic acids is 6. The summed E-state index contributed by atoms with van der Waals surface area (Å²) in [6, 6.07) is 7.76. The molecule has 0 saturated heterocycles. The summed E-state index contributed by atoms with van der Waals surface area (Å²) in [6.45, 7) is 0. The summed E-state index contributed by atoms with van der Waals surface area (Å²) < 4.78 is 18.6. The molecule has 36 heavy (non-hydrogen) atoms. The van der Waals surface area contributed by atoms with Gasteiger partial charge in [-0.3, -0.25) is 9.59 Å². The quantitative estimate of drug-likeness (QED) is 0.385. The number of nitrogens with one attached hydrogen (secondary N) is 2. The molecule has 12 nitrogen and oxygen atoms in total. The molecule has 2 aromatic carbocycles. The first kappa shape index (κ1) is 27.5. The largest absolute Gasteiger partial charge is 0.465 e. The van der Waals surface area contributed by atoms with Gasteiger partial charge < -0.3 is 29.6 Å². The first-order valence-corrected chi connectivity index (χ1v) is 10.4. The zero-order valence-electron chi connectivity index (χ0n) is 20.0. The Bertz CT molecular complexity index is 1110. The number of methoxy groups -OCH3 is 4. The second-order valence-corrected chi connectivity index (χ2v) is 7.08. The van der Waals surface area contributed by atoms with E-state index in [4.69, 9.17) is 0 Å². The number of esters is 4. The third kappa shape index (κ3) is 6.88. The van der Waals surface area contributed by atoms with Crippen molar-refractivity contribution in [3.8, 4) is 0 Å². The fourth-order valence-electron chi connectivity index (χ4n) is 3.01. The van der Waals surface area contributed by atoms with Gasteiger partial charge in [-0.2, -0.15) is 0 Å². The third-order valence-corrected chi connectivity index (χ3v) is 4.82. The molecule has 0 radical (unpaired) electrons. The van der Waals surface area contributed by atoms with Crippen LogP contribution in [-0.2, 0) is 28.5 Å². The summed E-state index contributed by atoms with van der Waals surface area (Å²) in [6.07, 6.45) is -0.641. The number of anilines is 2. The molecule has 2 amide bonds. The Morgan fingerprint density at radius 1 is 0.556 bits per heavy atom. The zero-order chi connectivity index (χ0) is 26.8. The molecule has 2 aromatic rings. The Labute approximate surface area is 205 Å². The Hall–Kier alpha value is -4.74. The Morgan fingerprint density at radius 2 is 0.889 bits per heavy atom. The monoisotopic (exact) mass is 500 g/mol. The molecule has 0 bridgehead atoms. The molecule has 2 N–H and O–H groups in total. The smallest absolute Gasteiger partial charge is 0.339 e. The molecular formula is C24H24N2O10. The molecule has 0 aliphatic heterocycles. The van der Waals surface area contributed by atoms with E-state index in [9.17, 15) is 28.8 Å². The summed E-state index contributed by atoms with van der Waals surface area (Å²) in [5.74, 6) is -4.16. The Balaban J connectivity index is 2.15. The van der Waals surface area contributed by atoms with Gasteiger partial charge in [0.25, 0.3) is 0 Å². The van der Waals surface area contributed by atoms with Crippen molar-refractivity contribution in [1.82, 2.24) is 0 Å². The van der Waals surface area contributed by atoms with Crippen molar-refractivity contribution in [2.24, 2.45) is 0 Å². The van der Waals surface area contributed by atoms with Crippen molar-refractivity contribution in [2.45, 2.75) is 12.8 Å². The van der Waals surface area contributed by atoms with Gasteiger partial charge in [0.1, 0.15) is 0 Å². The van der Waals surface area contributed by atoms with Gasteiger partial charge in [0.15, 0.2) is 0 Å². The number of rotatable bonds is 9. The molecule has 0 aliphatic carbocycles. The lowest BCUT2D eigenvalue weighted by Gasteiger charge is -2.13. The van der Waals surface area contributed by atoms with Crippen LogP contribution in [0.2, 0.25) is 0 Å². The van der Waals surface area contributed by atoms with E-state index in [1.165, 1.54) is 50.6 Å². The van der Waals surface area contributed by atoms with Gasteiger partial charge in [-0.15, -0.1) is 0 Å². The summed E-state index contributed by atoms with van der Waals surface area (Å²) in [5.41, 5.74) is 0.136. The van der Waals surface area contributed by atoms with Crippen LogP contribution in [0.1, 0.15) is 54.3 Å². The molecular weight excluding hydrogens is 476 g/mol. The highest BCUT2D eigenvalue weighted by Crippen LogP contribution is 2.22. The second kappa shape index (κ2) is 12.6. The Morgan fingerprint density at radius 3 is 1.19 bits per heavy atom. The fraction of sp³-hybridized carbons (Fsp3) is 0.250. The van der Waals surface area contributed by atoms with Crippen LogP contribution >= 0.6 is 0 Å². The van der Waals surface area contributed by atoms with Crippen LogP contribution in [0.15, 0.2) is 36.4 Å². The maximum Gasteiger partial charge on any atom is 0.339 e. The normalized spacial score (nSPS) is 10.0. The SMILES string of the molecule is COC(=O)c1ccc(C(=O)OC)c(NC(=O)CCC(=O)Nc2cc(C(=O)OC)ccc2C(=O)OC)c1. The molecule has 0 unspecified atom stereocenters. The van der Waals surface area contributed by atoms with Crippen molar-refractivity contribution in [1.29, 1.82) is 0 Å². The van der Waals surface area contributed by atoms with Crippen molar-refractivity contribution < 1.29 is 47.7 Å². The van der Waals surface area contributed by atoms with E-state index in [1.54, 1.807) is 0 Å². The first-order valence-electron chi connectivity index (χ1n) is 10.4. The van der Waals surface area contributed by atoms with Gasteiger partial charge in [-0.1, -0.05) is 0 Å². The van der Waals surface area contributed by atoms with Gasteiger partial charge in [0, 0.05) is 12.8 Å². The van der Waals surface area contributed by atoms with Crippen LogP contribution in [0.25, 0.3) is 0 Å². The molecule has 0 spiro atoms. The molecule has 0 fully saturated rings. The van der Waals surface area contributed by atoms with Crippen LogP contribution in [0, 0.1) is 0 Å². The Kier molecular flexibility index (Phi) is 9.66. The molecule has 0 aliphatic rings. The van der Waals surface area contributed by atoms with Crippen LogP contribution in [0.3, 0.4) is 0 Å². The van der Waals surface area contributed by atoms with Gasteiger partial charge in [0.2, 0.25) is 11.8 Å². The predicted molar refractivity (Wildman–Crippen MR) is 125 cm³/mol. The lowest BCUT2D eigenvalue weighted by atomic mass is 10.1. The summed E-state index contributed by atoms with van der Waals surface area (Å²) in [5, 5.41) is 4.94. The number of ether oxygens (including phenoxy) is 4. The molecule has 190 valence electrons. The maximum atomic E-state index is 12.5. The van der Waals surface area contributed by atoms with Gasteiger partial charge >= 0.3 is 23.9 Å². The van der Waals surface area contributed by atoms with Crippen LogP contribution in [-0.4, -0.2) is 64.1 Å². The summed E-state index contributed by atoms with van der Waals surface area (Å²) in [4.78, 5) is 72.6. The molecule has 2 rings (SSSR count). The number of carbonyl (C=O) groups is 6. The minimum Gasteiger partial charge on any atom is -0.465 e. The third-order valence-electron chi connectivity index (χ3n) is 4.82. The number of hydrogen-bond acceptors (Lipinski definition) is 10. The average Bonchev–Trinajstić information content (AvgIpc) is 2.89. The minimum atomic E-state index is -0.750. The highest BCUT2D eigenvalue weighted by atomic mass is 16.5. The average molecular weight is 500 g/mol. The number of amides is 2. The zero-order valence-corrected chi connectivity index (χ0v) is 20.0. The molecule has 0 aromatic heterocycles. The van der Waals surface area contributed by atoms with E-state index in [0.29, 0.717) is 0 Å². The predicted octanol–water partition coefficient (Wildman–Crippen LogP) is 2.19. The molecule has 0 heterocycles. The minimum absolute atomic E-state index is 0.00563. The highest BCUT2D eigenvalue weighted by Gasteiger charge is 2.20. The van der Waals surface area contributed by atoms with Crippen LogP contribution in [0.4, 0.5) is 11.4 Å². The van der Waals surface area contributed by atoms with Crippen molar-refractivity contribution in [3.63, 3.8) is 0 Å². The lowest BCUT2D eigenvalue weighted by molar-refractivity contribution is -0.121. The number of benzene rings is 2. The highest BCUT2D eigenvalue weighted by molar-refractivity contribution is 6.06. The summed E-state index contributed by atoms with van der Waals surface area (Å²) >= 11 is 0. The van der Waals surface area contributed by atoms with E-state index in [1.807, 2.05) is 0 Å². The van der Waals surface area contributed by atoms with E-state index in [2.05, 4.69) is 29.6 Å². The maximum absolute atomic E-state index is 12.5. The first-order chi connectivity index (χ1) is 17.1. The van der Waals surface area contributed by atoms with Crippen LogP contribution < -0.4 is 10.6 Å². The topological polar surface area (TPSA) is 163 Å². The molecule has 12 heteroatoms. The van der Waals surface area contributed by atoms with Crippen molar-refractivity contribution >= 4 is 47.1 Å². The van der Waals surface area contributed by atoms with E-state index in [-0.39, 0.29) is 46.5 Å². The van der Waals surface area contributed by atoms with E-state index in [0.717, 1.165) is 14.2 Å². The standard InChI is InChI=1S/C24H24N2O10/c1-33-21(29)13-5-7-15(23(31)35-3)17(11-13)25-19(27)9-10-20(28)26-18-12-14(22(30)34-2)6-8-16(18)24(32)36-4/h5-8,11-12H,9-10H2,1-4H3,(H,25,27)(H,26,28). The summed E-state index contributed by atoms with van der Waals surface area (Å²) in [7, 11) is 4.67. The van der Waals surface area contributed by atoms with Gasteiger partial charge in [-0.25, -0.2) is 19.2 Å². The van der Waals surface area contributed by atoms with E-state index >= 15 is 0 Å². The number of hydrogen-bond donors (Lipinski definition) is 2. The van der Waals surface area contributed by atoms with Crippen LogP contribution in [0.5, 0.6) is 0 Å². The van der Waals surface area contributed by atoms with Crippen molar-refractivity contribution in [3.05, 3.63) is 58.7 Å². The van der Waals surface area contributed by atoms with E-state index < -0.39 is 35.7 Å². The fourth-order valence-corrected chi connectivity index (χ4v) is 3.01. The van der Waals surface area contributed by atoms with Crippen molar-refractivity contribution in [2.75, 3.05) is 39.1 Å².